The second-order valence-electron chi connectivity index (χ2n) is 3.29. The highest BCUT2D eigenvalue weighted by molar-refractivity contribution is 5.92. The zero-order valence-corrected chi connectivity index (χ0v) is 9.20. The van der Waals surface area contributed by atoms with E-state index in [1.54, 1.807) is 24.7 Å². The third-order valence-corrected chi connectivity index (χ3v) is 2.09. The first-order valence-corrected chi connectivity index (χ1v) is 4.88. The number of anilines is 1. The average Bonchev–Trinajstić information content (AvgIpc) is 2.70. The molecule has 17 heavy (non-hydrogen) atoms. The summed E-state index contributed by atoms with van der Waals surface area (Å²) in [4.78, 5) is 19.4. The molecule has 0 saturated carbocycles. The normalized spacial score (nSPS) is 10.2. The van der Waals surface area contributed by atoms with E-state index >= 15 is 0 Å². The Morgan fingerprint density at radius 3 is 2.82 bits per heavy atom. The molecule has 0 unspecified atom stereocenters. The number of rotatable bonds is 3. The number of ether oxygens (including phenoxy) is 1. The minimum Gasteiger partial charge on any atom is -0.464 e. The van der Waals surface area contributed by atoms with Gasteiger partial charge >= 0.3 is 5.97 Å². The van der Waals surface area contributed by atoms with Gasteiger partial charge in [0.2, 0.25) is 0 Å². The monoisotopic (exact) mass is 233 g/mol. The third-order valence-electron chi connectivity index (χ3n) is 2.09. The van der Waals surface area contributed by atoms with Gasteiger partial charge < -0.3 is 10.5 Å². The lowest BCUT2D eigenvalue weighted by Crippen LogP contribution is -2.08. The van der Waals surface area contributed by atoms with Crippen molar-refractivity contribution < 1.29 is 9.53 Å². The van der Waals surface area contributed by atoms with E-state index in [0.29, 0.717) is 12.4 Å². The first kappa shape index (κ1) is 11.1. The van der Waals surface area contributed by atoms with E-state index in [4.69, 9.17) is 5.73 Å². The van der Waals surface area contributed by atoms with Crippen LogP contribution < -0.4 is 5.73 Å². The number of carbonyl (C=O) groups is 1. The number of nitrogens with two attached hydrogens (primary N) is 1. The van der Waals surface area contributed by atoms with Crippen molar-refractivity contribution in [3.05, 3.63) is 36.2 Å². The van der Waals surface area contributed by atoms with Crippen LogP contribution in [-0.2, 0) is 11.3 Å². The van der Waals surface area contributed by atoms with Crippen molar-refractivity contribution in [1.29, 1.82) is 0 Å². The third kappa shape index (κ3) is 2.39. The smallest absolute Gasteiger partial charge is 0.360 e. The quantitative estimate of drug-likeness (QED) is 0.755. The van der Waals surface area contributed by atoms with Crippen molar-refractivity contribution in [2.45, 2.75) is 6.54 Å². The molecule has 0 atom stereocenters. The van der Waals surface area contributed by atoms with Gasteiger partial charge in [-0.15, -0.1) is 0 Å². The van der Waals surface area contributed by atoms with Gasteiger partial charge in [-0.05, 0) is 6.07 Å². The number of esters is 1. The molecular weight excluding hydrogens is 222 g/mol. The number of carbonyl (C=O) groups excluding carboxylic acids is 1. The Morgan fingerprint density at radius 2 is 2.18 bits per heavy atom. The zero-order valence-electron chi connectivity index (χ0n) is 9.20. The molecule has 0 aliphatic carbocycles. The van der Waals surface area contributed by atoms with E-state index in [2.05, 4.69) is 19.8 Å². The Hall–Kier alpha value is -2.44. The van der Waals surface area contributed by atoms with Gasteiger partial charge in [0, 0.05) is 18.6 Å². The van der Waals surface area contributed by atoms with Gasteiger partial charge in [-0.2, -0.15) is 5.10 Å². The van der Waals surface area contributed by atoms with Gasteiger partial charge in [0.1, 0.15) is 12.4 Å². The largest absolute Gasteiger partial charge is 0.464 e. The Bertz CT molecular complexity index is 523. The maximum absolute atomic E-state index is 11.3. The van der Waals surface area contributed by atoms with Crippen molar-refractivity contribution in [2.75, 3.05) is 12.8 Å². The molecule has 2 heterocycles. The minimum atomic E-state index is -0.560. The molecule has 2 rings (SSSR count). The predicted molar refractivity (Wildman–Crippen MR) is 59.1 cm³/mol. The molecule has 0 bridgehead atoms. The molecule has 0 aromatic carbocycles. The maximum Gasteiger partial charge on any atom is 0.360 e. The lowest BCUT2D eigenvalue weighted by Gasteiger charge is -1.98. The summed E-state index contributed by atoms with van der Waals surface area (Å²) in [5.74, 6) is 0.0293. The van der Waals surface area contributed by atoms with E-state index < -0.39 is 5.97 Å². The van der Waals surface area contributed by atoms with Gasteiger partial charge in [-0.1, -0.05) is 0 Å². The molecule has 0 fully saturated rings. The standard InChI is InChI=1S/C10H11N5O2/c1-17-10(16)9-7(11)5-15(14-9)6-8-12-3-2-4-13-8/h2-5H,6,11H2,1H3. The summed E-state index contributed by atoms with van der Waals surface area (Å²) in [6.07, 6.45) is 4.81. The molecule has 2 aromatic heterocycles. The number of hydrogen-bond acceptors (Lipinski definition) is 6. The molecule has 0 radical (unpaired) electrons. The fourth-order valence-electron chi connectivity index (χ4n) is 1.33. The predicted octanol–water partition coefficient (Wildman–Crippen LogP) is 0.0902. The Labute approximate surface area is 97.2 Å². The molecule has 2 aromatic rings. The van der Waals surface area contributed by atoms with Crippen LogP contribution in [0.2, 0.25) is 0 Å². The summed E-state index contributed by atoms with van der Waals surface area (Å²) >= 11 is 0. The summed E-state index contributed by atoms with van der Waals surface area (Å²) in [6.45, 7) is 0.349. The van der Waals surface area contributed by atoms with Crippen LogP contribution in [0, 0.1) is 0 Å². The average molecular weight is 233 g/mol. The van der Waals surface area contributed by atoms with Crippen LogP contribution >= 0.6 is 0 Å². The molecule has 0 aliphatic rings. The Kier molecular flexibility index (Phi) is 2.99. The number of methoxy groups -OCH3 is 1. The summed E-state index contributed by atoms with van der Waals surface area (Å²) < 4.78 is 6.05. The van der Waals surface area contributed by atoms with E-state index in [9.17, 15) is 4.79 Å². The molecule has 0 aliphatic heterocycles. The molecular formula is C10H11N5O2. The number of aromatic nitrogens is 4. The second-order valence-corrected chi connectivity index (χ2v) is 3.29. The van der Waals surface area contributed by atoms with Crippen LogP contribution in [0.15, 0.2) is 24.7 Å². The SMILES string of the molecule is COC(=O)c1nn(Cc2ncccn2)cc1N. The minimum absolute atomic E-state index is 0.100. The van der Waals surface area contributed by atoms with Crippen LogP contribution in [0.4, 0.5) is 5.69 Å². The zero-order chi connectivity index (χ0) is 12.3. The highest BCUT2D eigenvalue weighted by Crippen LogP contribution is 2.10. The topological polar surface area (TPSA) is 95.9 Å². The molecule has 7 heteroatoms. The van der Waals surface area contributed by atoms with Crippen LogP contribution in [0.5, 0.6) is 0 Å². The summed E-state index contributed by atoms with van der Waals surface area (Å²) in [5, 5.41) is 4.01. The van der Waals surface area contributed by atoms with E-state index in [-0.39, 0.29) is 11.4 Å². The Morgan fingerprint density at radius 1 is 1.47 bits per heavy atom. The molecule has 2 N–H and O–H groups in total. The number of nitrogens with zero attached hydrogens (tertiary/aromatic N) is 4. The summed E-state index contributed by atoms with van der Waals surface area (Å²) in [7, 11) is 1.28. The lowest BCUT2D eigenvalue weighted by atomic mass is 10.4. The van der Waals surface area contributed by atoms with E-state index in [1.807, 2.05) is 0 Å². The molecule has 88 valence electrons. The molecule has 0 amide bonds. The highest BCUT2D eigenvalue weighted by atomic mass is 16.5. The van der Waals surface area contributed by atoms with E-state index in [0.717, 1.165) is 0 Å². The van der Waals surface area contributed by atoms with Gasteiger partial charge in [0.25, 0.3) is 0 Å². The molecule has 7 nitrogen and oxygen atoms in total. The van der Waals surface area contributed by atoms with Crippen molar-refractivity contribution >= 4 is 11.7 Å². The maximum atomic E-state index is 11.3. The van der Waals surface area contributed by atoms with Gasteiger partial charge in [-0.3, -0.25) is 4.68 Å². The van der Waals surface area contributed by atoms with Crippen molar-refractivity contribution in [3.8, 4) is 0 Å². The van der Waals surface area contributed by atoms with Crippen LogP contribution in [0.1, 0.15) is 16.3 Å². The van der Waals surface area contributed by atoms with Crippen LogP contribution in [0.3, 0.4) is 0 Å². The van der Waals surface area contributed by atoms with Crippen molar-refractivity contribution in [1.82, 2.24) is 19.7 Å². The van der Waals surface area contributed by atoms with Gasteiger partial charge in [0.15, 0.2) is 5.69 Å². The summed E-state index contributed by atoms with van der Waals surface area (Å²) in [6, 6.07) is 1.72. The first-order chi connectivity index (χ1) is 8.20. The lowest BCUT2D eigenvalue weighted by molar-refractivity contribution is 0.0594. The number of hydrogen-bond donors (Lipinski definition) is 1. The van der Waals surface area contributed by atoms with Gasteiger partial charge in [-0.25, -0.2) is 14.8 Å². The van der Waals surface area contributed by atoms with Crippen LogP contribution in [0.25, 0.3) is 0 Å². The van der Waals surface area contributed by atoms with Gasteiger partial charge in [0.05, 0.1) is 12.8 Å². The fourth-order valence-corrected chi connectivity index (χ4v) is 1.33. The Balaban J connectivity index is 2.21. The number of nitrogen functional groups attached to an aromatic ring is 1. The summed E-state index contributed by atoms with van der Waals surface area (Å²) in [5.41, 5.74) is 6.02. The molecule has 0 saturated heterocycles. The van der Waals surface area contributed by atoms with Crippen molar-refractivity contribution in [3.63, 3.8) is 0 Å². The van der Waals surface area contributed by atoms with Crippen molar-refractivity contribution in [2.24, 2.45) is 0 Å². The first-order valence-electron chi connectivity index (χ1n) is 4.88. The molecule has 0 spiro atoms. The second kappa shape index (κ2) is 4.60. The highest BCUT2D eigenvalue weighted by Gasteiger charge is 2.15. The van der Waals surface area contributed by atoms with E-state index in [1.165, 1.54) is 11.8 Å². The fraction of sp³-hybridized carbons (Fsp3) is 0.200. The van der Waals surface area contributed by atoms with Crippen LogP contribution in [-0.4, -0.2) is 32.8 Å².